The highest BCUT2D eigenvalue weighted by molar-refractivity contribution is 7.16. The minimum absolute atomic E-state index is 0.109. The number of ether oxygens (including phenoxy) is 2. The Morgan fingerprint density at radius 1 is 0.457 bits per heavy atom. The van der Waals surface area contributed by atoms with E-state index in [1.54, 1.807) is 64.1 Å². The number of hydrogen-bond donors (Lipinski definition) is 9. The molecule has 0 aliphatic carbocycles. The van der Waals surface area contributed by atoms with Gasteiger partial charge in [-0.1, -0.05) is 13.8 Å². The molecule has 0 spiro atoms. The van der Waals surface area contributed by atoms with Gasteiger partial charge in [0.05, 0.1) is 58.8 Å². The number of nitrogens with two attached hydrogens (primary N) is 4. The average molecular weight is 1620 g/mol. The summed E-state index contributed by atoms with van der Waals surface area (Å²) in [6, 6.07) is 0. The van der Waals surface area contributed by atoms with Crippen molar-refractivity contribution in [1.29, 1.82) is 0 Å². The number of carbonyl (C=O) groups excluding carboxylic acids is 5. The monoisotopic (exact) mass is 1620 g/mol. The van der Waals surface area contributed by atoms with E-state index in [0.717, 1.165) is 111 Å². The summed E-state index contributed by atoms with van der Waals surface area (Å²) in [5.41, 5.74) is 27.3. The predicted octanol–water partition coefficient (Wildman–Crippen LogP) is 9.00. The van der Waals surface area contributed by atoms with Crippen LogP contribution in [-0.4, -0.2) is 150 Å². The van der Waals surface area contributed by atoms with Crippen LogP contribution in [0, 0.1) is 138 Å². The van der Waals surface area contributed by atoms with E-state index < -0.39 is 29.5 Å². The van der Waals surface area contributed by atoms with Crippen LogP contribution in [0.15, 0.2) is 0 Å². The van der Waals surface area contributed by atoms with Crippen LogP contribution in [0.2, 0.25) is 0 Å². The molecule has 0 bridgehead atoms. The van der Waals surface area contributed by atoms with E-state index in [9.17, 15) is 28.8 Å². The maximum Gasteiger partial charge on any atom is 0.382 e. The largest absolute Gasteiger partial charge is 0.477 e. The highest BCUT2D eigenvalue weighted by atomic mass is 31.0. The number of nitrogen functional groups attached to an aromatic ring is 4. The first-order valence-corrected chi connectivity index (χ1v) is 35.8. The van der Waals surface area contributed by atoms with E-state index in [2.05, 4.69) is 154 Å². The van der Waals surface area contributed by atoms with E-state index in [-0.39, 0.29) is 24.0 Å². The fourth-order valence-electron chi connectivity index (χ4n) is 7.76. The fraction of sp³-hybridized carbons (Fsp3) is 0.452. The van der Waals surface area contributed by atoms with E-state index in [0.29, 0.717) is 41.2 Å². The maximum absolute atomic E-state index is 11.2. The molecule has 8 atom stereocenters. The highest BCUT2D eigenvalue weighted by Crippen LogP contribution is 2.21. The number of H-pyrrole nitrogens is 1. The molecule has 13 N–H and O–H groups in total. The van der Waals surface area contributed by atoms with Crippen LogP contribution in [0.1, 0.15) is 188 Å². The summed E-state index contributed by atoms with van der Waals surface area (Å²) in [5.74, 6) is 16.0. The van der Waals surface area contributed by atoms with Gasteiger partial charge in [-0.2, -0.15) is 0 Å². The van der Waals surface area contributed by atoms with Gasteiger partial charge in [0, 0.05) is 24.0 Å². The van der Waals surface area contributed by atoms with Gasteiger partial charge in [0.25, 0.3) is 0 Å². The Hall–Kier alpha value is -7.66. The molecule has 586 valence electrons. The molecule has 9 aromatic rings. The number of hydrogen-bond acceptors (Lipinski definition) is 24. The number of imidazole rings is 9. The number of carbonyl (C=O) groups is 7. The molecule has 0 radical (unpaired) electrons. The topological polar surface area (TPSA) is 478 Å². The third-order valence-electron chi connectivity index (χ3n) is 13.9. The zero-order chi connectivity index (χ0) is 82.7. The molecule has 105 heavy (non-hydrogen) atoms. The van der Waals surface area contributed by atoms with Gasteiger partial charge in [0.15, 0.2) is 22.9 Å². The Bertz CT molecular complexity index is 4020. The number of anilines is 4. The van der Waals surface area contributed by atoms with Crippen LogP contribution < -0.4 is 34.0 Å². The number of nitrogens with zero attached hydrogens (tertiary/aromatic N) is 17. The molecule has 0 fully saturated rings. The summed E-state index contributed by atoms with van der Waals surface area (Å²) in [7, 11) is 20.1. The van der Waals surface area contributed by atoms with Gasteiger partial charge in [-0.05, 0) is 234 Å². The predicted molar refractivity (Wildman–Crippen MR) is 442 cm³/mol. The standard InChI is InChI=1S/C8H12N2O2.2C6H9N2O2P.2C6H11N2P.C6H8O4.2C5H11N4P.2C5H10N3P.C2H4O.C2H6/c1-4-12-8(11)7-5(2)9-6(3)10-7;1-3-5(6(9)10)7-4(2)8(3)11;1-3-5(6(9)10)8(11)4(2)7-3;2*1-4-5(2)8(9)6(3)7-4;1-3-10-6(9)5(8)4(2)7;1-3-5(8-6)7-4(2)9(3)10;1-3-5(8-6)9(10)4(2)7-3;1-3-5(6)7-4(2)8(3)9;1-3-5(6)8(9)4(2)7-3;1-2-3;1-2/h4H2,1-3H3,(H,9,10);2*11H2,1-2H3,(H,9,10);2*9H2,1-3H3;3H2,1-2H3;2*8H,6,10H2,1-2H3;2*6,9H2,1-2H3;2H,1H3;1-2H3. The number of nitrogens with one attached hydrogen (secondary N) is 3. The quantitative estimate of drug-likeness (QED) is 0.0124. The zero-order valence-corrected chi connectivity index (χ0v) is 74.3. The highest BCUT2D eigenvalue weighted by Gasteiger charge is 2.20. The van der Waals surface area contributed by atoms with Gasteiger partial charge in [-0.3, -0.25) is 18.3 Å². The lowest BCUT2D eigenvalue weighted by atomic mass is 10.3. The van der Waals surface area contributed by atoms with Crippen molar-refractivity contribution >= 4 is 140 Å². The summed E-state index contributed by atoms with van der Waals surface area (Å²) < 4.78 is 23.6. The van der Waals surface area contributed by atoms with Crippen LogP contribution in [-0.2, 0) is 28.7 Å². The number of hydrazine groups is 2. The van der Waals surface area contributed by atoms with E-state index in [4.69, 9.17) is 42.9 Å². The molecule has 43 heteroatoms. The molecule has 9 heterocycles. The van der Waals surface area contributed by atoms with Crippen molar-refractivity contribution in [3.8, 4) is 0 Å². The van der Waals surface area contributed by atoms with E-state index in [1.807, 2.05) is 119 Å². The smallest absolute Gasteiger partial charge is 0.382 e. The van der Waals surface area contributed by atoms with Gasteiger partial charge >= 0.3 is 29.7 Å². The zero-order valence-electron chi connectivity index (χ0n) is 65.1. The summed E-state index contributed by atoms with van der Waals surface area (Å²) in [5, 5.41) is 17.3. The second-order valence-electron chi connectivity index (χ2n) is 21.5. The number of aldehydes is 1. The average Bonchev–Trinajstić information content (AvgIpc) is 1.50. The molecule has 0 amide bonds. The van der Waals surface area contributed by atoms with Crippen molar-refractivity contribution in [3.63, 3.8) is 0 Å². The van der Waals surface area contributed by atoms with Gasteiger partial charge in [0.1, 0.15) is 76.2 Å². The molecule has 9 rings (SSSR count). The molecule has 9 aromatic heterocycles. The Balaban J connectivity index is -0.00000109. The number of esters is 2. The van der Waals surface area contributed by atoms with Gasteiger partial charge < -0.3 is 77.8 Å². The van der Waals surface area contributed by atoms with Crippen molar-refractivity contribution in [1.82, 2.24) is 84.5 Å². The number of ketones is 2. The van der Waals surface area contributed by atoms with Crippen LogP contribution >= 0.6 is 75.1 Å². The Morgan fingerprint density at radius 2 is 0.829 bits per heavy atom. The van der Waals surface area contributed by atoms with Crippen LogP contribution in [0.25, 0.3) is 0 Å². The fourth-order valence-corrected chi connectivity index (χ4v) is 9.72. The molecule has 0 aromatic carbocycles. The molecule has 35 nitrogen and oxygen atoms in total. The summed E-state index contributed by atoms with van der Waals surface area (Å²) in [6.07, 6.45) is 0.750. The van der Waals surface area contributed by atoms with Gasteiger partial charge in [0.2, 0.25) is 5.78 Å². The van der Waals surface area contributed by atoms with E-state index >= 15 is 0 Å². The number of carboxylic acids is 2. The lowest BCUT2D eigenvalue weighted by molar-refractivity contribution is -0.156. The first-order valence-electron chi connectivity index (χ1n) is 31.7. The summed E-state index contributed by atoms with van der Waals surface area (Å²) in [4.78, 5) is 112. The van der Waals surface area contributed by atoms with Crippen LogP contribution in [0.3, 0.4) is 0 Å². The number of rotatable bonds is 9. The Labute approximate surface area is 634 Å². The number of aromatic nitrogens is 18. The normalized spacial score (nSPS) is 9.64. The lowest BCUT2D eigenvalue weighted by Gasteiger charge is -2.00. The summed E-state index contributed by atoms with van der Waals surface area (Å²) in [6.45, 7) is 48.3. The molecule has 0 aliphatic rings. The summed E-state index contributed by atoms with van der Waals surface area (Å²) >= 11 is 0. The first-order chi connectivity index (χ1) is 48.6. The maximum atomic E-state index is 11.2. The number of Topliss-reactive ketones (excluding diaryl/α,β-unsaturated/α-hetero) is 2. The number of aromatic amines is 1. The van der Waals surface area contributed by atoms with Crippen LogP contribution in [0.5, 0.6) is 0 Å². The van der Waals surface area contributed by atoms with Crippen molar-refractivity contribution in [2.45, 2.75) is 180 Å². The number of aromatic carboxylic acids is 2. The Morgan fingerprint density at radius 3 is 1.01 bits per heavy atom. The molecular formula is C62H112N24O11P8. The second kappa shape index (κ2) is 50.0. The van der Waals surface area contributed by atoms with Gasteiger partial charge in [-0.25, -0.2) is 75.7 Å². The molecular weight excluding hydrogens is 1500 g/mol. The van der Waals surface area contributed by atoms with Gasteiger partial charge in [-0.15, -0.1) is 0 Å². The van der Waals surface area contributed by atoms with Crippen molar-refractivity contribution < 1.29 is 53.2 Å². The van der Waals surface area contributed by atoms with Crippen molar-refractivity contribution in [3.05, 3.63) is 132 Å². The SMILES string of the molecule is CC.CC=O.CCOC(=O)C(=O)C(C)=O.CCOC(=O)c1nc(C)[nH]c1C.Cc1nc(C(=O)O)c(C)n1P.Cc1nc(C)n(P)c1C.Cc1nc(C)n(P)c1C.Cc1nc(C)n(P)c1C(=O)O.Cc1nc(C)n(P)c1N.Cc1nc(C)n(P)c1NN.Cc1nc(N)c(C)n1P.Cc1nc(NN)c(C)n1P. The third-order valence-corrected chi connectivity index (χ3v) is 19.6. The third kappa shape index (κ3) is 32.5. The molecule has 0 aliphatic heterocycles. The van der Waals surface area contributed by atoms with Crippen LogP contribution in [0.4, 0.5) is 23.3 Å². The second-order valence-corrected chi connectivity index (χ2v) is 25.6. The van der Waals surface area contributed by atoms with E-state index in [1.165, 1.54) is 22.6 Å². The molecule has 8 unspecified atom stereocenters. The van der Waals surface area contributed by atoms with Crippen molar-refractivity contribution in [2.24, 2.45) is 11.7 Å². The number of carboxylic acid groups (broad SMARTS) is 2. The minimum Gasteiger partial charge on any atom is -0.477 e. The Kier molecular flexibility index (Phi) is 48.3. The number of aryl methyl sites for hydroxylation is 15. The minimum atomic E-state index is -1.10. The molecule has 0 saturated carbocycles. The lowest BCUT2D eigenvalue weighted by Crippen LogP contribution is -2.23. The first kappa shape index (κ1) is 102. The molecule has 0 saturated heterocycles. The van der Waals surface area contributed by atoms with Crippen molar-refractivity contribution in [2.75, 3.05) is 35.5 Å².